The van der Waals surface area contributed by atoms with Gasteiger partial charge in [0.05, 0.1) is 5.56 Å². The second-order valence-corrected chi connectivity index (χ2v) is 9.47. The van der Waals surface area contributed by atoms with E-state index in [1.54, 1.807) is 4.90 Å². The van der Waals surface area contributed by atoms with E-state index in [1.807, 2.05) is 68.1 Å². The number of carbonyl (C=O) groups excluding carboxylic acids is 3. The monoisotopic (exact) mass is 476 g/mol. The molecule has 1 N–H and O–H groups in total. The lowest BCUT2D eigenvalue weighted by Crippen LogP contribution is -2.36. The van der Waals surface area contributed by atoms with Crippen LogP contribution in [0.4, 0.5) is 11.4 Å². The summed E-state index contributed by atoms with van der Waals surface area (Å²) >= 11 is 0. The zero-order valence-electron chi connectivity index (χ0n) is 21.0. The highest BCUT2D eigenvalue weighted by atomic mass is 16.2. The molecule has 2 aliphatic rings. The maximum Gasteiger partial charge on any atom is 0.256 e. The van der Waals surface area contributed by atoms with Gasteiger partial charge < -0.3 is 20.0 Å². The Labute approximate surface area is 208 Å². The van der Waals surface area contributed by atoms with Crippen LogP contribution in [0, 0.1) is 12.8 Å². The van der Waals surface area contributed by atoms with Crippen LogP contribution < -0.4 is 10.2 Å². The van der Waals surface area contributed by atoms with Crippen LogP contribution in [0.3, 0.4) is 0 Å². The number of aryl methyl sites for hydroxylation is 1. The maximum atomic E-state index is 13.4. The van der Waals surface area contributed by atoms with Gasteiger partial charge in [0.25, 0.3) is 11.8 Å². The molecule has 186 valence electrons. The molecule has 0 atom stereocenters. The van der Waals surface area contributed by atoms with E-state index in [4.69, 9.17) is 0 Å². The lowest BCUT2D eigenvalue weighted by molar-refractivity contribution is -0.117. The zero-order chi connectivity index (χ0) is 24.9. The van der Waals surface area contributed by atoms with Gasteiger partial charge in [-0.25, -0.2) is 0 Å². The van der Waals surface area contributed by atoms with Gasteiger partial charge >= 0.3 is 0 Å². The number of amides is 3. The average Bonchev–Trinajstić information content (AvgIpc) is 3.72. The lowest BCUT2D eigenvalue weighted by Gasteiger charge is -2.28. The van der Waals surface area contributed by atoms with Gasteiger partial charge in [-0.15, -0.1) is 0 Å². The molecule has 4 rings (SSSR count). The van der Waals surface area contributed by atoms with Crippen molar-refractivity contribution in [3.05, 3.63) is 59.2 Å². The van der Waals surface area contributed by atoms with Gasteiger partial charge in [-0.05, 0) is 70.4 Å². The molecule has 2 aromatic carbocycles. The first-order valence-corrected chi connectivity index (χ1v) is 12.8. The predicted octanol–water partition coefficient (Wildman–Crippen LogP) is 4.18. The first kappa shape index (κ1) is 24.8. The Morgan fingerprint density at radius 3 is 2.31 bits per heavy atom. The van der Waals surface area contributed by atoms with E-state index in [-0.39, 0.29) is 23.6 Å². The number of hydrogen-bond acceptors (Lipinski definition) is 4. The molecule has 35 heavy (non-hydrogen) atoms. The first-order valence-electron chi connectivity index (χ1n) is 12.8. The third kappa shape index (κ3) is 5.84. The third-order valence-corrected chi connectivity index (χ3v) is 6.92. The number of hydrogen-bond donors (Lipinski definition) is 1. The topological polar surface area (TPSA) is 73.0 Å². The fourth-order valence-electron chi connectivity index (χ4n) is 4.57. The normalized spacial score (nSPS) is 16.0. The van der Waals surface area contributed by atoms with Gasteiger partial charge in [-0.1, -0.05) is 17.7 Å². The minimum Gasteiger partial charge on any atom is -0.369 e. The fraction of sp³-hybridized carbons (Fsp3) is 0.464. The molecule has 2 aromatic rings. The van der Waals surface area contributed by atoms with Crippen LogP contribution in [-0.2, 0) is 4.79 Å². The van der Waals surface area contributed by atoms with Crippen LogP contribution in [0.25, 0.3) is 0 Å². The smallest absolute Gasteiger partial charge is 0.256 e. The summed E-state index contributed by atoms with van der Waals surface area (Å²) < 4.78 is 0. The second kappa shape index (κ2) is 10.9. The summed E-state index contributed by atoms with van der Waals surface area (Å²) in [6.45, 7) is 9.86. The number of nitrogens with zero attached hydrogens (tertiary/aromatic N) is 3. The molecule has 0 bridgehead atoms. The van der Waals surface area contributed by atoms with E-state index in [1.165, 1.54) is 0 Å². The van der Waals surface area contributed by atoms with Gasteiger partial charge in [-0.2, -0.15) is 0 Å². The van der Waals surface area contributed by atoms with Crippen molar-refractivity contribution in [2.24, 2.45) is 5.92 Å². The molecule has 1 heterocycles. The molecule has 0 spiro atoms. The van der Waals surface area contributed by atoms with E-state index in [2.05, 4.69) is 10.2 Å². The number of nitrogens with one attached hydrogen (secondary N) is 1. The van der Waals surface area contributed by atoms with E-state index in [0.717, 1.165) is 37.1 Å². The van der Waals surface area contributed by atoms with Crippen LogP contribution >= 0.6 is 0 Å². The summed E-state index contributed by atoms with van der Waals surface area (Å²) in [5.74, 6) is 0.132. The zero-order valence-corrected chi connectivity index (χ0v) is 21.0. The Balaban J connectivity index is 1.55. The van der Waals surface area contributed by atoms with Gasteiger partial charge in [0, 0.05) is 62.1 Å². The Hall–Kier alpha value is -3.35. The van der Waals surface area contributed by atoms with Crippen molar-refractivity contribution < 1.29 is 14.4 Å². The highest BCUT2D eigenvalue weighted by Crippen LogP contribution is 2.32. The Morgan fingerprint density at radius 2 is 1.66 bits per heavy atom. The summed E-state index contributed by atoms with van der Waals surface area (Å²) in [6, 6.07) is 13.3. The van der Waals surface area contributed by atoms with Gasteiger partial charge in [0.15, 0.2) is 0 Å². The van der Waals surface area contributed by atoms with Crippen LogP contribution in [0.1, 0.15) is 59.4 Å². The largest absolute Gasteiger partial charge is 0.369 e. The molecule has 7 heteroatoms. The van der Waals surface area contributed by atoms with Crippen LogP contribution in [-0.4, -0.2) is 66.8 Å². The number of benzene rings is 2. The summed E-state index contributed by atoms with van der Waals surface area (Å²) in [4.78, 5) is 44.7. The first-order chi connectivity index (χ1) is 16.9. The van der Waals surface area contributed by atoms with Crippen molar-refractivity contribution in [3.8, 4) is 0 Å². The van der Waals surface area contributed by atoms with E-state index in [9.17, 15) is 14.4 Å². The quantitative estimate of drug-likeness (QED) is 0.651. The standard InChI is InChI=1S/C28H36N4O3/c1-4-30(5-2)28(35)24-19-23(29-26(33)21-11-12-21)13-14-25(24)31-15-6-16-32(18-17-31)27(34)22-9-7-20(3)8-10-22/h7-10,13-14,19,21H,4-6,11-12,15-18H2,1-3H3,(H,29,33). The molecule has 0 aromatic heterocycles. The van der Waals surface area contributed by atoms with Crippen molar-refractivity contribution in [2.45, 2.75) is 40.0 Å². The molecule has 3 amide bonds. The minimum atomic E-state index is -0.0376. The Kier molecular flexibility index (Phi) is 7.73. The van der Waals surface area contributed by atoms with Crippen LogP contribution in [0.2, 0.25) is 0 Å². The fourth-order valence-corrected chi connectivity index (χ4v) is 4.57. The highest BCUT2D eigenvalue weighted by Gasteiger charge is 2.30. The molecular weight excluding hydrogens is 440 g/mol. The maximum absolute atomic E-state index is 13.4. The second-order valence-electron chi connectivity index (χ2n) is 9.47. The lowest BCUT2D eigenvalue weighted by atomic mass is 10.1. The molecule has 1 aliphatic heterocycles. The molecule has 0 unspecified atom stereocenters. The third-order valence-electron chi connectivity index (χ3n) is 6.92. The average molecular weight is 477 g/mol. The number of rotatable bonds is 7. The summed E-state index contributed by atoms with van der Waals surface area (Å²) in [5.41, 5.74) is 3.95. The van der Waals surface area contributed by atoms with Crippen LogP contribution in [0.15, 0.2) is 42.5 Å². The molecule has 0 radical (unpaired) electrons. The van der Waals surface area contributed by atoms with Gasteiger partial charge in [0.1, 0.15) is 0 Å². The SMILES string of the molecule is CCN(CC)C(=O)c1cc(NC(=O)C2CC2)ccc1N1CCCN(C(=O)c2ccc(C)cc2)CC1. The predicted molar refractivity (Wildman–Crippen MR) is 139 cm³/mol. The van der Waals surface area contributed by atoms with Crippen LogP contribution in [0.5, 0.6) is 0 Å². The van der Waals surface area contributed by atoms with E-state index < -0.39 is 0 Å². The Bertz CT molecular complexity index is 1070. The molecule has 2 fully saturated rings. The molecular formula is C28H36N4O3. The summed E-state index contributed by atoms with van der Waals surface area (Å²) in [5, 5.41) is 2.98. The highest BCUT2D eigenvalue weighted by molar-refractivity contribution is 6.02. The summed E-state index contributed by atoms with van der Waals surface area (Å²) in [7, 11) is 0. The Morgan fingerprint density at radius 1 is 0.943 bits per heavy atom. The van der Waals surface area contributed by atoms with Crippen molar-refractivity contribution in [1.29, 1.82) is 0 Å². The van der Waals surface area contributed by atoms with E-state index >= 15 is 0 Å². The van der Waals surface area contributed by atoms with Crippen molar-refractivity contribution in [1.82, 2.24) is 9.80 Å². The van der Waals surface area contributed by atoms with Gasteiger partial charge in [-0.3, -0.25) is 14.4 Å². The number of anilines is 2. The molecule has 7 nitrogen and oxygen atoms in total. The van der Waals surface area contributed by atoms with Crippen molar-refractivity contribution in [2.75, 3.05) is 49.5 Å². The molecule has 1 aliphatic carbocycles. The minimum absolute atomic E-state index is 0.0269. The van der Waals surface area contributed by atoms with Crippen molar-refractivity contribution >= 4 is 29.1 Å². The summed E-state index contributed by atoms with van der Waals surface area (Å²) in [6.07, 6.45) is 2.68. The van der Waals surface area contributed by atoms with Crippen molar-refractivity contribution in [3.63, 3.8) is 0 Å². The van der Waals surface area contributed by atoms with E-state index in [0.29, 0.717) is 49.5 Å². The molecule has 1 saturated carbocycles. The number of carbonyl (C=O) groups is 3. The molecule has 1 saturated heterocycles. The van der Waals surface area contributed by atoms with Gasteiger partial charge in [0.2, 0.25) is 5.91 Å².